The van der Waals surface area contributed by atoms with Gasteiger partial charge in [0.1, 0.15) is 28.0 Å². The number of carbonyl (C=O) groups excluding carboxylic acids is 1. The number of aromatic hydroxyl groups is 5. The minimum atomic E-state index is -0.666. The molecule has 0 bridgehead atoms. The van der Waals surface area contributed by atoms with Crippen LogP contribution in [0.3, 0.4) is 0 Å². The van der Waals surface area contributed by atoms with Crippen LogP contribution in [0.15, 0.2) is 63.8 Å². The summed E-state index contributed by atoms with van der Waals surface area (Å²) in [7, 11) is 0. The molecule has 0 fully saturated rings. The van der Waals surface area contributed by atoms with Gasteiger partial charge in [-0.25, -0.2) is 0 Å². The van der Waals surface area contributed by atoms with Gasteiger partial charge in [-0.3, -0.25) is 9.59 Å². The molecule has 8 nitrogen and oxygen atoms in total. The quantitative estimate of drug-likeness (QED) is 0.280. The van der Waals surface area contributed by atoms with Crippen molar-refractivity contribution in [3.63, 3.8) is 0 Å². The second-order valence-electron chi connectivity index (χ2n) is 8.06. The van der Waals surface area contributed by atoms with Gasteiger partial charge in [0.25, 0.3) is 0 Å². The number of fused-ring (bicyclic) bond motifs is 2. The minimum absolute atomic E-state index is 0.00415. The Labute approximate surface area is 191 Å². The van der Waals surface area contributed by atoms with E-state index in [0.717, 1.165) is 0 Å². The number of ketones is 1. The SMILES string of the molecule is O=C1CC(c2ccc(O)c(O)c2)/C(=C\c2ccc(O)c(O)c2)c2oc3cccc(O)c3c(=O)c21. The number of phenols is 5. The maximum Gasteiger partial charge on any atom is 0.207 e. The molecule has 0 saturated carbocycles. The number of hydrogen-bond acceptors (Lipinski definition) is 8. The first-order valence-corrected chi connectivity index (χ1v) is 10.3. The van der Waals surface area contributed by atoms with E-state index in [9.17, 15) is 35.1 Å². The van der Waals surface area contributed by atoms with Crippen molar-refractivity contribution in [1.29, 1.82) is 0 Å². The Morgan fingerprint density at radius 2 is 1.50 bits per heavy atom. The lowest BCUT2D eigenvalue weighted by atomic mass is 9.77. The van der Waals surface area contributed by atoms with Crippen LogP contribution in [0.4, 0.5) is 0 Å². The van der Waals surface area contributed by atoms with Gasteiger partial charge in [0, 0.05) is 17.9 Å². The monoisotopic (exact) mass is 458 g/mol. The molecule has 5 rings (SSSR count). The van der Waals surface area contributed by atoms with Crippen LogP contribution in [0.1, 0.15) is 39.6 Å². The van der Waals surface area contributed by atoms with Crippen LogP contribution in [0.2, 0.25) is 0 Å². The van der Waals surface area contributed by atoms with Crippen LogP contribution < -0.4 is 5.43 Å². The van der Waals surface area contributed by atoms with Crippen LogP contribution in [0, 0.1) is 0 Å². The topological polar surface area (TPSA) is 148 Å². The van der Waals surface area contributed by atoms with E-state index in [1.165, 1.54) is 48.5 Å². The molecule has 1 unspecified atom stereocenters. The van der Waals surface area contributed by atoms with Crippen molar-refractivity contribution in [3.8, 4) is 28.7 Å². The van der Waals surface area contributed by atoms with Crippen molar-refractivity contribution in [2.45, 2.75) is 12.3 Å². The maximum absolute atomic E-state index is 13.2. The number of Topliss-reactive ketones (excluding diaryl/α,β-unsaturated/α-hetero) is 1. The van der Waals surface area contributed by atoms with Crippen molar-refractivity contribution >= 4 is 28.4 Å². The molecule has 0 spiro atoms. The number of hydrogen-bond donors (Lipinski definition) is 5. The summed E-state index contributed by atoms with van der Waals surface area (Å²) in [5.41, 5.74) is 0.574. The number of phenolic OH excluding ortho intramolecular Hbond substituents is 5. The van der Waals surface area contributed by atoms with Gasteiger partial charge in [0.15, 0.2) is 28.8 Å². The first-order chi connectivity index (χ1) is 16.2. The van der Waals surface area contributed by atoms with E-state index in [-0.39, 0.29) is 57.5 Å². The number of rotatable bonds is 2. The fraction of sp³-hybridized carbons (Fsp3) is 0.0769. The Morgan fingerprint density at radius 1 is 0.794 bits per heavy atom. The molecular formula is C26H18O8. The Balaban J connectivity index is 1.82. The molecule has 1 aliphatic rings. The molecule has 3 aromatic carbocycles. The third-order valence-corrected chi connectivity index (χ3v) is 5.93. The lowest BCUT2D eigenvalue weighted by Crippen LogP contribution is -2.25. The van der Waals surface area contributed by atoms with Crippen LogP contribution in [0.5, 0.6) is 28.7 Å². The first kappa shape index (κ1) is 21.1. The van der Waals surface area contributed by atoms with Gasteiger partial charge in [0.2, 0.25) is 5.43 Å². The summed E-state index contributed by atoms with van der Waals surface area (Å²) in [6.45, 7) is 0. The largest absolute Gasteiger partial charge is 0.507 e. The Hall–Kier alpha value is -4.72. The molecule has 1 heterocycles. The van der Waals surface area contributed by atoms with Crippen molar-refractivity contribution < 1.29 is 34.7 Å². The zero-order chi connectivity index (χ0) is 24.1. The zero-order valence-corrected chi connectivity index (χ0v) is 17.5. The molecular weight excluding hydrogens is 440 g/mol. The second kappa shape index (κ2) is 7.70. The third kappa shape index (κ3) is 3.32. The highest BCUT2D eigenvalue weighted by molar-refractivity contribution is 6.09. The zero-order valence-electron chi connectivity index (χ0n) is 17.5. The Morgan fingerprint density at radius 3 is 2.21 bits per heavy atom. The van der Waals surface area contributed by atoms with Gasteiger partial charge >= 0.3 is 0 Å². The predicted octanol–water partition coefficient (Wildman–Crippen LogP) is 4.23. The normalized spacial score (nSPS) is 16.6. The average Bonchev–Trinajstić information content (AvgIpc) is 2.79. The smallest absolute Gasteiger partial charge is 0.207 e. The number of carbonyl (C=O) groups is 1. The van der Waals surface area contributed by atoms with Gasteiger partial charge in [-0.05, 0) is 53.6 Å². The minimum Gasteiger partial charge on any atom is -0.507 e. The van der Waals surface area contributed by atoms with Crippen LogP contribution in [-0.4, -0.2) is 31.3 Å². The van der Waals surface area contributed by atoms with E-state index in [2.05, 4.69) is 0 Å². The number of allylic oxidation sites excluding steroid dienone is 1. The summed E-state index contributed by atoms with van der Waals surface area (Å²) in [4.78, 5) is 26.4. The first-order valence-electron chi connectivity index (χ1n) is 10.3. The van der Waals surface area contributed by atoms with Crippen molar-refractivity contribution in [2.24, 2.45) is 0 Å². The van der Waals surface area contributed by atoms with E-state index < -0.39 is 17.1 Å². The molecule has 170 valence electrons. The highest BCUT2D eigenvalue weighted by Crippen LogP contribution is 2.45. The molecule has 1 atom stereocenters. The second-order valence-corrected chi connectivity index (χ2v) is 8.06. The third-order valence-electron chi connectivity index (χ3n) is 5.93. The molecule has 1 aromatic heterocycles. The van der Waals surface area contributed by atoms with Crippen LogP contribution in [-0.2, 0) is 0 Å². The summed E-state index contributed by atoms with van der Waals surface area (Å²) >= 11 is 0. The lowest BCUT2D eigenvalue weighted by Gasteiger charge is -2.26. The van der Waals surface area contributed by atoms with Crippen LogP contribution in [0.25, 0.3) is 22.6 Å². The van der Waals surface area contributed by atoms with Crippen molar-refractivity contribution in [1.82, 2.24) is 0 Å². The van der Waals surface area contributed by atoms with Crippen molar-refractivity contribution in [3.05, 3.63) is 87.3 Å². The number of benzene rings is 3. The van der Waals surface area contributed by atoms with E-state index in [1.54, 1.807) is 12.1 Å². The molecule has 1 aliphatic carbocycles. The van der Waals surface area contributed by atoms with Gasteiger partial charge in [-0.1, -0.05) is 18.2 Å². The summed E-state index contributed by atoms with van der Waals surface area (Å²) in [6, 6.07) is 12.7. The molecule has 0 saturated heterocycles. The summed E-state index contributed by atoms with van der Waals surface area (Å²) in [5.74, 6) is -2.83. The molecule has 0 aliphatic heterocycles. The van der Waals surface area contributed by atoms with E-state index >= 15 is 0 Å². The standard InChI is InChI=1S/C26H18O8/c27-16-6-4-12(9-19(16)30)8-15-14(13-5-7-17(28)20(31)10-13)11-21(32)24-25(33)23-18(29)2-1-3-22(23)34-26(15)24/h1-10,14,27-31H,11H2/b15-8+. The molecule has 8 heteroatoms. The van der Waals surface area contributed by atoms with E-state index in [1.807, 2.05) is 0 Å². The van der Waals surface area contributed by atoms with Crippen LogP contribution >= 0.6 is 0 Å². The van der Waals surface area contributed by atoms with Crippen molar-refractivity contribution in [2.75, 3.05) is 0 Å². The molecule has 34 heavy (non-hydrogen) atoms. The van der Waals surface area contributed by atoms with Gasteiger partial charge in [-0.2, -0.15) is 0 Å². The average molecular weight is 458 g/mol. The van der Waals surface area contributed by atoms with E-state index in [0.29, 0.717) is 16.7 Å². The highest BCUT2D eigenvalue weighted by Gasteiger charge is 2.36. The molecule has 0 amide bonds. The van der Waals surface area contributed by atoms with Gasteiger partial charge in [-0.15, -0.1) is 0 Å². The van der Waals surface area contributed by atoms with Gasteiger partial charge in [0.05, 0.1) is 0 Å². The Kier molecular flexibility index (Phi) is 4.79. The van der Waals surface area contributed by atoms with E-state index in [4.69, 9.17) is 4.42 Å². The summed E-state index contributed by atoms with van der Waals surface area (Å²) in [6.07, 6.45) is 1.47. The predicted molar refractivity (Wildman–Crippen MR) is 123 cm³/mol. The summed E-state index contributed by atoms with van der Waals surface area (Å²) in [5, 5.41) is 49.4. The maximum atomic E-state index is 13.2. The molecule has 5 N–H and O–H groups in total. The lowest BCUT2D eigenvalue weighted by molar-refractivity contribution is 0.0971. The molecule has 0 radical (unpaired) electrons. The summed E-state index contributed by atoms with van der Waals surface area (Å²) < 4.78 is 5.99. The van der Waals surface area contributed by atoms with Gasteiger partial charge < -0.3 is 29.9 Å². The fourth-order valence-corrected chi connectivity index (χ4v) is 4.26. The Bertz CT molecular complexity index is 1580. The fourth-order valence-electron chi connectivity index (χ4n) is 4.26. The highest BCUT2D eigenvalue weighted by atomic mass is 16.3. The molecule has 4 aromatic rings.